The normalized spacial score (nSPS) is 26.4. The molecule has 130 valence electrons. The number of alkyl halides is 3. The van der Waals surface area contributed by atoms with E-state index >= 15 is 0 Å². The predicted molar refractivity (Wildman–Crippen MR) is 68.7 cm³/mol. The largest absolute Gasteiger partial charge is 0.393 e. The smallest absolute Gasteiger partial charge is 0.391 e. The summed E-state index contributed by atoms with van der Waals surface area (Å²) in [5, 5.41) is 19.2. The third-order valence-electron chi connectivity index (χ3n) is 3.42. The Morgan fingerprint density at radius 3 is 2.78 bits per heavy atom. The van der Waals surface area contributed by atoms with Crippen molar-refractivity contribution >= 4 is 5.82 Å². The molecule has 11 heteroatoms. The molecule has 2 rings (SSSR count). The van der Waals surface area contributed by atoms with E-state index in [-0.39, 0.29) is 6.42 Å². The second kappa shape index (κ2) is 6.42. The van der Waals surface area contributed by atoms with Gasteiger partial charge < -0.3 is 20.7 Å². The number of aromatic nitrogens is 2. The molecule has 4 atom stereocenters. The molecule has 1 saturated heterocycles. The summed E-state index contributed by atoms with van der Waals surface area (Å²) in [5.41, 5.74) is 4.22. The predicted octanol–water partition coefficient (Wildman–Crippen LogP) is 0.316. The topological polar surface area (TPSA) is 111 Å². The van der Waals surface area contributed by atoms with E-state index in [9.17, 15) is 32.6 Å². The average Bonchev–Trinajstić information content (AvgIpc) is 2.72. The molecule has 1 aromatic rings. The van der Waals surface area contributed by atoms with Gasteiger partial charge in [0.2, 0.25) is 0 Å². The van der Waals surface area contributed by atoms with Crippen LogP contribution in [-0.2, 0) is 4.74 Å². The first-order valence-electron chi connectivity index (χ1n) is 6.69. The van der Waals surface area contributed by atoms with E-state index in [1.807, 2.05) is 0 Å². The average molecular weight is 341 g/mol. The maximum absolute atomic E-state index is 13.4. The highest BCUT2D eigenvalue weighted by Crippen LogP contribution is 2.32. The van der Waals surface area contributed by atoms with Crippen molar-refractivity contribution in [3.8, 4) is 0 Å². The molecule has 4 N–H and O–H groups in total. The van der Waals surface area contributed by atoms with E-state index in [4.69, 9.17) is 10.5 Å². The Labute approximate surface area is 127 Å². The van der Waals surface area contributed by atoms with E-state index in [0.717, 1.165) is 10.8 Å². The number of nitrogens with two attached hydrogens (primary N) is 1. The molecule has 1 aliphatic rings. The molecule has 1 aliphatic heterocycles. The summed E-state index contributed by atoms with van der Waals surface area (Å²) in [6.45, 7) is 0. The lowest BCUT2D eigenvalue weighted by Crippen LogP contribution is -2.30. The maximum Gasteiger partial charge on any atom is 0.391 e. The first-order valence-corrected chi connectivity index (χ1v) is 6.69. The lowest BCUT2D eigenvalue weighted by atomic mass is 10.0. The fourth-order valence-corrected chi connectivity index (χ4v) is 2.38. The Bertz CT molecular complexity index is 621. The number of aliphatic hydroxyl groups excluding tert-OH is 2. The molecule has 0 amide bonds. The summed E-state index contributed by atoms with van der Waals surface area (Å²) in [7, 11) is 0. The molecule has 23 heavy (non-hydrogen) atoms. The van der Waals surface area contributed by atoms with Crippen LogP contribution in [-0.4, -0.2) is 44.3 Å². The van der Waals surface area contributed by atoms with E-state index in [1.165, 1.54) is 0 Å². The molecular weight excluding hydrogens is 326 g/mol. The van der Waals surface area contributed by atoms with Gasteiger partial charge in [0.1, 0.15) is 6.23 Å². The summed E-state index contributed by atoms with van der Waals surface area (Å²) >= 11 is 0. The zero-order valence-electron chi connectivity index (χ0n) is 11.7. The van der Waals surface area contributed by atoms with Gasteiger partial charge in [-0.3, -0.25) is 4.57 Å². The van der Waals surface area contributed by atoms with Crippen LogP contribution in [0.5, 0.6) is 0 Å². The Morgan fingerprint density at radius 2 is 2.17 bits per heavy atom. The van der Waals surface area contributed by atoms with Crippen molar-refractivity contribution in [2.45, 2.75) is 50.0 Å². The number of hydrogen-bond acceptors (Lipinski definition) is 6. The lowest BCUT2D eigenvalue weighted by molar-refractivity contribution is -0.159. The molecule has 7 nitrogen and oxygen atoms in total. The van der Waals surface area contributed by atoms with Crippen LogP contribution in [0.25, 0.3) is 0 Å². The van der Waals surface area contributed by atoms with Crippen LogP contribution in [0.4, 0.5) is 23.4 Å². The van der Waals surface area contributed by atoms with Crippen LogP contribution in [0, 0.1) is 5.82 Å². The van der Waals surface area contributed by atoms with Gasteiger partial charge in [-0.15, -0.1) is 0 Å². The fourth-order valence-electron chi connectivity index (χ4n) is 2.38. The molecular formula is C12H15F4N3O4. The van der Waals surface area contributed by atoms with Crippen molar-refractivity contribution in [2.24, 2.45) is 0 Å². The van der Waals surface area contributed by atoms with Crippen LogP contribution in [0.2, 0.25) is 0 Å². The zero-order valence-corrected chi connectivity index (χ0v) is 11.7. The number of nitrogens with zero attached hydrogens (tertiary/aromatic N) is 2. The Balaban J connectivity index is 2.07. The van der Waals surface area contributed by atoms with Crippen molar-refractivity contribution in [1.29, 1.82) is 0 Å². The molecule has 0 spiro atoms. The number of anilines is 1. The second-order valence-electron chi connectivity index (χ2n) is 5.30. The first-order chi connectivity index (χ1) is 10.6. The summed E-state index contributed by atoms with van der Waals surface area (Å²) in [5.74, 6) is -1.56. The molecule has 0 bridgehead atoms. The molecule has 0 aliphatic carbocycles. The number of nitrogen functional groups attached to an aromatic ring is 1. The summed E-state index contributed by atoms with van der Waals surface area (Å²) in [4.78, 5) is 14.9. The standard InChI is InChI=1S/C12H15F4N3O4/c13-6-4-19(11(22)18-10(6)17)9-2-7(21)8(23-9)1-5(20)3-12(14,15)16/h4-5,7-9,20-21H,1-3H2,(H2,17,18,22)/t5-,7-,8+,9+/m0/s1. The van der Waals surface area contributed by atoms with Gasteiger partial charge in [-0.2, -0.15) is 18.2 Å². The first kappa shape index (κ1) is 17.6. The van der Waals surface area contributed by atoms with Crippen LogP contribution >= 0.6 is 0 Å². The molecule has 0 unspecified atom stereocenters. The van der Waals surface area contributed by atoms with Gasteiger partial charge in [-0.25, -0.2) is 9.18 Å². The SMILES string of the molecule is Nc1nc(=O)n([C@H]2C[C@H](O)[C@@H](C[C@H](O)CC(F)(F)F)O2)cc1F. The van der Waals surface area contributed by atoms with Gasteiger partial charge in [-0.05, 0) is 0 Å². The van der Waals surface area contributed by atoms with Crippen LogP contribution in [0.3, 0.4) is 0 Å². The minimum atomic E-state index is -4.55. The Kier molecular flexibility index (Phi) is 4.92. The van der Waals surface area contributed by atoms with Gasteiger partial charge >= 0.3 is 11.9 Å². The molecule has 0 saturated carbocycles. The quantitative estimate of drug-likeness (QED) is 0.680. The van der Waals surface area contributed by atoms with Crippen molar-refractivity contribution in [3.05, 3.63) is 22.5 Å². The van der Waals surface area contributed by atoms with Crippen molar-refractivity contribution in [3.63, 3.8) is 0 Å². The summed E-state index contributed by atoms with van der Waals surface area (Å²) < 4.78 is 55.9. The van der Waals surface area contributed by atoms with Gasteiger partial charge in [0.25, 0.3) is 0 Å². The number of ether oxygens (including phenoxy) is 1. The summed E-state index contributed by atoms with van der Waals surface area (Å²) in [6, 6.07) is 0. The highest BCUT2D eigenvalue weighted by molar-refractivity contribution is 5.26. The van der Waals surface area contributed by atoms with E-state index < -0.39 is 60.9 Å². The number of rotatable bonds is 4. The summed E-state index contributed by atoms with van der Waals surface area (Å²) in [6.07, 6.45) is -11.1. The third kappa shape index (κ3) is 4.39. The van der Waals surface area contributed by atoms with E-state index in [2.05, 4.69) is 4.98 Å². The van der Waals surface area contributed by atoms with Crippen molar-refractivity contribution in [2.75, 3.05) is 5.73 Å². The fraction of sp³-hybridized carbons (Fsp3) is 0.667. The Hall–Kier alpha value is -1.72. The van der Waals surface area contributed by atoms with E-state index in [1.54, 1.807) is 0 Å². The minimum absolute atomic E-state index is 0.158. The van der Waals surface area contributed by atoms with E-state index in [0.29, 0.717) is 0 Å². The van der Waals surface area contributed by atoms with Gasteiger partial charge in [0.05, 0.1) is 30.9 Å². The number of hydrogen-bond donors (Lipinski definition) is 3. The van der Waals surface area contributed by atoms with Crippen molar-refractivity contribution < 1.29 is 32.5 Å². The van der Waals surface area contributed by atoms with Gasteiger partial charge in [-0.1, -0.05) is 0 Å². The number of halogens is 4. The lowest BCUT2D eigenvalue weighted by Gasteiger charge is -2.20. The van der Waals surface area contributed by atoms with Crippen LogP contribution in [0.1, 0.15) is 25.5 Å². The maximum atomic E-state index is 13.4. The molecule has 2 heterocycles. The highest BCUT2D eigenvalue weighted by atomic mass is 19.4. The minimum Gasteiger partial charge on any atom is -0.393 e. The Morgan fingerprint density at radius 1 is 1.52 bits per heavy atom. The zero-order chi connectivity index (χ0) is 17.4. The molecule has 0 radical (unpaired) electrons. The second-order valence-corrected chi connectivity index (χ2v) is 5.30. The third-order valence-corrected chi connectivity index (χ3v) is 3.42. The molecule has 0 aromatic carbocycles. The molecule has 1 fully saturated rings. The van der Waals surface area contributed by atoms with Crippen molar-refractivity contribution in [1.82, 2.24) is 9.55 Å². The number of aliphatic hydroxyl groups is 2. The van der Waals surface area contributed by atoms with Gasteiger partial charge in [0, 0.05) is 12.8 Å². The monoisotopic (exact) mass is 341 g/mol. The molecule has 1 aromatic heterocycles. The van der Waals surface area contributed by atoms with Crippen LogP contribution in [0.15, 0.2) is 11.0 Å². The van der Waals surface area contributed by atoms with Crippen LogP contribution < -0.4 is 11.4 Å². The highest BCUT2D eigenvalue weighted by Gasteiger charge is 2.39. The van der Waals surface area contributed by atoms with Gasteiger partial charge in [0.15, 0.2) is 11.6 Å².